The lowest BCUT2D eigenvalue weighted by Crippen LogP contribution is -2.39. The van der Waals surface area contributed by atoms with Gasteiger partial charge in [-0.15, -0.1) is 0 Å². The number of nitrogens with two attached hydrogens (primary N) is 1. The molecule has 1 saturated carbocycles. The highest BCUT2D eigenvalue weighted by molar-refractivity contribution is 7.89. The Labute approximate surface area is 189 Å². The van der Waals surface area contributed by atoms with Crippen LogP contribution in [0.5, 0.6) is 0 Å². The summed E-state index contributed by atoms with van der Waals surface area (Å²) in [4.78, 5) is 12.9. The number of sulfonamides is 1. The third-order valence-corrected chi connectivity index (χ3v) is 6.95. The summed E-state index contributed by atoms with van der Waals surface area (Å²) in [6.45, 7) is 4.96. The lowest BCUT2D eigenvalue weighted by atomic mass is 9.97. The van der Waals surface area contributed by atoms with E-state index in [4.69, 9.17) is 9.88 Å². The molecule has 1 unspecified atom stereocenters. The molecule has 0 aromatic heterocycles. The van der Waals surface area contributed by atoms with Crippen LogP contribution in [0.15, 0.2) is 64.7 Å². The van der Waals surface area contributed by atoms with Gasteiger partial charge in [-0.25, -0.2) is 23.8 Å². The van der Waals surface area contributed by atoms with Crippen molar-refractivity contribution >= 4 is 16.0 Å². The van der Waals surface area contributed by atoms with Crippen LogP contribution in [0, 0.1) is 5.92 Å². The average molecular weight is 456 g/mol. The molecule has 7 nitrogen and oxygen atoms in total. The van der Waals surface area contributed by atoms with E-state index in [1.807, 2.05) is 31.2 Å². The summed E-state index contributed by atoms with van der Waals surface area (Å²) in [5.74, 6) is 0.222. The molecule has 1 atom stereocenters. The number of carbonyl (C=O) groups is 1. The molecule has 3 N–H and O–H groups in total. The van der Waals surface area contributed by atoms with Crippen LogP contribution in [-0.2, 0) is 26.0 Å². The van der Waals surface area contributed by atoms with Gasteiger partial charge >= 0.3 is 5.97 Å². The number of likely N-dealkylation sites (N-methyl/N-ethyl adjacent to an activating group) is 1. The molecule has 32 heavy (non-hydrogen) atoms. The van der Waals surface area contributed by atoms with E-state index >= 15 is 0 Å². The first kappa shape index (κ1) is 22.5. The Bertz CT molecular complexity index is 1140. The van der Waals surface area contributed by atoms with E-state index < -0.39 is 10.0 Å². The van der Waals surface area contributed by atoms with Gasteiger partial charge in [-0.3, -0.25) is 0 Å². The molecule has 4 rings (SSSR count). The number of esters is 1. The second-order valence-corrected chi connectivity index (χ2v) is 9.71. The second kappa shape index (κ2) is 9.05. The van der Waals surface area contributed by atoms with Crippen LogP contribution in [-0.4, -0.2) is 38.6 Å². The lowest BCUT2D eigenvalue weighted by molar-refractivity contribution is -0.138. The molecule has 0 amide bonds. The fourth-order valence-corrected chi connectivity index (χ4v) is 5.04. The molecule has 2 aromatic rings. The molecular formula is C24H29N3O4S. The van der Waals surface area contributed by atoms with E-state index in [0.717, 1.165) is 41.8 Å². The zero-order valence-electron chi connectivity index (χ0n) is 18.4. The largest absolute Gasteiger partial charge is 0.463 e. The maximum Gasteiger partial charge on any atom is 0.337 e. The van der Waals surface area contributed by atoms with Crippen molar-refractivity contribution in [1.82, 2.24) is 10.4 Å². The van der Waals surface area contributed by atoms with E-state index in [9.17, 15) is 13.2 Å². The maximum atomic E-state index is 12.8. The van der Waals surface area contributed by atoms with Gasteiger partial charge < -0.3 is 9.75 Å². The standard InChI is InChI=1S/C24H29N3O4S/c1-3-27-20(22(24(28)31-4-2)23(26-27)18-13-14-18)15-16-9-11-17(12-10-16)19-7-5-6-8-21(19)32(25,29)30/h5-12,18,23,26H,3-4,13-15H2,1-2H3,(H2,25,29,30). The van der Waals surface area contributed by atoms with Crippen molar-refractivity contribution in [3.8, 4) is 11.1 Å². The van der Waals surface area contributed by atoms with Gasteiger partial charge in [0.05, 0.1) is 23.1 Å². The van der Waals surface area contributed by atoms with Crippen molar-refractivity contribution < 1.29 is 17.9 Å². The summed E-state index contributed by atoms with van der Waals surface area (Å²) in [6, 6.07) is 14.4. The van der Waals surface area contributed by atoms with Crippen LogP contribution in [0.2, 0.25) is 0 Å². The van der Waals surface area contributed by atoms with Crippen LogP contribution in [0.3, 0.4) is 0 Å². The predicted octanol–water partition coefficient (Wildman–Crippen LogP) is 2.98. The Kier molecular flexibility index (Phi) is 6.37. The van der Waals surface area contributed by atoms with Crippen molar-refractivity contribution in [2.24, 2.45) is 11.1 Å². The molecule has 1 heterocycles. The summed E-state index contributed by atoms with van der Waals surface area (Å²) in [5.41, 5.74) is 7.54. The highest BCUT2D eigenvalue weighted by Gasteiger charge is 2.44. The second-order valence-electron chi connectivity index (χ2n) is 8.18. The quantitative estimate of drug-likeness (QED) is 0.594. The first-order chi connectivity index (χ1) is 15.3. The summed E-state index contributed by atoms with van der Waals surface area (Å²) >= 11 is 0. The number of rotatable bonds is 8. The highest BCUT2D eigenvalue weighted by atomic mass is 32.2. The molecule has 0 bridgehead atoms. The zero-order chi connectivity index (χ0) is 22.9. The minimum atomic E-state index is -3.83. The molecule has 2 aliphatic rings. The number of nitrogens with zero attached hydrogens (tertiary/aromatic N) is 1. The third kappa shape index (κ3) is 4.57. The van der Waals surface area contributed by atoms with Gasteiger partial charge in [0.1, 0.15) is 0 Å². The summed E-state index contributed by atoms with van der Waals surface area (Å²) < 4.78 is 29.3. The summed E-state index contributed by atoms with van der Waals surface area (Å²) in [6.07, 6.45) is 2.81. The highest BCUT2D eigenvalue weighted by Crippen LogP contribution is 2.40. The molecule has 2 aromatic carbocycles. The number of primary sulfonamides is 1. The monoisotopic (exact) mass is 455 g/mol. The maximum absolute atomic E-state index is 12.8. The minimum absolute atomic E-state index is 0.00455. The van der Waals surface area contributed by atoms with Gasteiger partial charge in [-0.2, -0.15) is 0 Å². The van der Waals surface area contributed by atoms with E-state index in [2.05, 4.69) is 17.4 Å². The van der Waals surface area contributed by atoms with Crippen molar-refractivity contribution in [2.45, 2.75) is 44.0 Å². The third-order valence-electron chi connectivity index (χ3n) is 5.98. The lowest BCUT2D eigenvalue weighted by Gasteiger charge is -2.22. The Balaban J connectivity index is 1.65. The Morgan fingerprint density at radius 1 is 1.12 bits per heavy atom. The fourth-order valence-electron chi connectivity index (χ4n) is 4.28. The van der Waals surface area contributed by atoms with Crippen molar-refractivity contribution in [3.63, 3.8) is 0 Å². The Morgan fingerprint density at radius 2 is 1.81 bits per heavy atom. The smallest absolute Gasteiger partial charge is 0.337 e. The average Bonchev–Trinajstić information content (AvgIpc) is 3.55. The van der Waals surface area contributed by atoms with Crippen molar-refractivity contribution in [2.75, 3.05) is 13.2 Å². The van der Waals surface area contributed by atoms with Crippen LogP contribution in [0.25, 0.3) is 11.1 Å². The molecule has 1 aliphatic carbocycles. The first-order valence-electron chi connectivity index (χ1n) is 11.0. The van der Waals surface area contributed by atoms with E-state index in [-0.39, 0.29) is 16.9 Å². The minimum Gasteiger partial charge on any atom is -0.463 e. The molecule has 0 spiro atoms. The SMILES string of the molecule is CCOC(=O)C1=C(Cc2ccc(-c3ccccc3S(N)(=O)=O)cc2)N(CC)NC1C1CC1. The summed E-state index contributed by atoms with van der Waals surface area (Å²) in [7, 11) is -3.83. The number of hydrogen-bond donors (Lipinski definition) is 2. The Morgan fingerprint density at radius 3 is 2.41 bits per heavy atom. The molecule has 0 saturated heterocycles. The van der Waals surface area contributed by atoms with E-state index in [1.165, 1.54) is 6.07 Å². The van der Waals surface area contributed by atoms with Gasteiger partial charge in [-0.05, 0) is 49.8 Å². The fraction of sp³-hybridized carbons (Fsp3) is 0.375. The van der Waals surface area contributed by atoms with Gasteiger partial charge in [0.15, 0.2) is 0 Å². The van der Waals surface area contributed by atoms with Gasteiger partial charge in [-0.1, -0.05) is 42.5 Å². The predicted molar refractivity (Wildman–Crippen MR) is 123 cm³/mol. The van der Waals surface area contributed by atoms with Crippen LogP contribution in [0.1, 0.15) is 32.3 Å². The number of carbonyl (C=O) groups excluding carboxylic acids is 1. The number of allylic oxidation sites excluding steroid dienone is 1. The number of hydrazine groups is 1. The number of nitrogens with one attached hydrogen (secondary N) is 1. The first-order valence-corrected chi connectivity index (χ1v) is 12.5. The molecule has 170 valence electrons. The van der Waals surface area contributed by atoms with Crippen LogP contribution in [0.4, 0.5) is 0 Å². The molecule has 1 fully saturated rings. The van der Waals surface area contributed by atoms with E-state index in [1.54, 1.807) is 18.2 Å². The van der Waals surface area contributed by atoms with E-state index in [0.29, 0.717) is 24.5 Å². The number of ether oxygens (including phenoxy) is 1. The normalized spacial score (nSPS) is 18.8. The van der Waals surface area contributed by atoms with Crippen molar-refractivity contribution in [1.29, 1.82) is 0 Å². The molecular weight excluding hydrogens is 426 g/mol. The van der Waals surface area contributed by atoms with Gasteiger partial charge in [0, 0.05) is 24.2 Å². The summed E-state index contributed by atoms with van der Waals surface area (Å²) in [5, 5.41) is 7.44. The van der Waals surface area contributed by atoms with Gasteiger partial charge in [0.25, 0.3) is 0 Å². The van der Waals surface area contributed by atoms with Crippen molar-refractivity contribution in [3.05, 3.63) is 65.4 Å². The van der Waals surface area contributed by atoms with Crippen LogP contribution < -0.4 is 10.6 Å². The molecule has 8 heteroatoms. The molecule has 1 aliphatic heterocycles. The molecule has 0 radical (unpaired) electrons. The van der Waals surface area contributed by atoms with Crippen LogP contribution >= 0.6 is 0 Å². The number of benzene rings is 2. The topological polar surface area (TPSA) is 102 Å². The Hall–Kier alpha value is -2.68. The number of hydrogen-bond acceptors (Lipinski definition) is 6. The zero-order valence-corrected chi connectivity index (χ0v) is 19.2. The van der Waals surface area contributed by atoms with Gasteiger partial charge in [0.2, 0.25) is 10.0 Å².